The van der Waals surface area contributed by atoms with E-state index < -0.39 is 120 Å². The van der Waals surface area contributed by atoms with Crippen LogP contribution in [0.4, 0.5) is 0 Å². The van der Waals surface area contributed by atoms with Gasteiger partial charge in [0, 0.05) is 33.4 Å². The Hall–Kier alpha value is -6.32. The third-order valence-electron chi connectivity index (χ3n) is 13.1. The minimum Gasteiger partial charge on any atom is -0.497 e. The Morgan fingerprint density at radius 3 is 2.08 bits per heavy atom. The Bertz CT molecular complexity index is 2120. The molecule has 22 heteroatoms. The Balaban J connectivity index is 1.84. The van der Waals surface area contributed by atoms with E-state index in [0.29, 0.717) is 30.7 Å². The van der Waals surface area contributed by atoms with E-state index in [9.17, 15) is 53.1 Å². The van der Waals surface area contributed by atoms with E-state index in [4.69, 9.17) is 15.2 Å². The van der Waals surface area contributed by atoms with Gasteiger partial charge in [-0.3, -0.25) is 43.2 Å². The number of rotatable bonds is 15. The number of carbonyl (C=O) groups excluding carboxylic acids is 10. The lowest BCUT2D eigenvalue weighted by atomic mass is 9.94. The standard InChI is InChI=1S/C49H75N9O13/c1-25(2)22-34-49(69)71-28(7)41(55-42(62)32(17-19-38(50)60)51-43(63)35-12-11-21-57(35)29(8)59)46(66)54-40(27(5)6)45(65)52-33-18-20-39(61)58(47(33)67)37(23-26(3)4)48(68)56(9)36(44(64)53-34)24-30-13-15-31(70-10)16-14-30/h13-16,25-28,32-37,39-41,61H,11-12,17-24H2,1-10H3,(H2,50,60)(H,51,63)(H,52,65)(H,53,64)(H,54,66)(H,55,62). The number of amides is 9. The van der Waals surface area contributed by atoms with Crippen molar-refractivity contribution >= 4 is 59.1 Å². The molecule has 3 aliphatic heterocycles. The number of likely N-dealkylation sites (N-methyl/N-ethyl adjacent to an activating group) is 1. The summed E-state index contributed by atoms with van der Waals surface area (Å²) in [4.78, 5) is 143. The maximum absolute atomic E-state index is 14.9. The van der Waals surface area contributed by atoms with E-state index in [1.54, 1.807) is 52.0 Å². The number of nitrogens with two attached hydrogens (primary N) is 1. The number of fused-ring (bicyclic) bond motifs is 2. The molecule has 10 unspecified atom stereocenters. The highest BCUT2D eigenvalue weighted by atomic mass is 16.5. The van der Waals surface area contributed by atoms with Crippen molar-refractivity contribution in [1.82, 2.24) is 41.3 Å². The van der Waals surface area contributed by atoms with Crippen molar-refractivity contribution in [2.45, 2.75) is 174 Å². The number of carbonyl (C=O) groups is 10. The molecule has 0 saturated carbocycles. The number of aliphatic hydroxyl groups excluding tert-OH is 1. The van der Waals surface area contributed by atoms with Crippen LogP contribution in [0.15, 0.2) is 24.3 Å². The van der Waals surface area contributed by atoms with Crippen LogP contribution in [0.5, 0.6) is 5.75 Å². The van der Waals surface area contributed by atoms with Crippen LogP contribution in [-0.4, -0.2) is 160 Å². The Morgan fingerprint density at radius 1 is 0.859 bits per heavy atom. The third kappa shape index (κ3) is 15.3. The molecule has 1 aromatic carbocycles. The number of benzene rings is 1. The number of cyclic esters (lactones) is 1. The highest BCUT2D eigenvalue weighted by molar-refractivity contribution is 5.99. The molecule has 3 aliphatic rings. The van der Waals surface area contributed by atoms with Gasteiger partial charge in [0.25, 0.3) is 0 Å². The maximum Gasteiger partial charge on any atom is 0.328 e. The van der Waals surface area contributed by atoms with Gasteiger partial charge < -0.3 is 61.6 Å². The number of primary amides is 1. The van der Waals surface area contributed by atoms with Gasteiger partial charge in [0.1, 0.15) is 66.4 Å². The largest absolute Gasteiger partial charge is 0.497 e. The Kier molecular flexibility index (Phi) is 20.7. The van der Waals surface area contributed by atoms with Crippen molar-refractivity contribution in [3.63, 3.8) is 0 Å². The van der Waals surface area contributed by atoms with E-state index in [0.717, 1.165) is 4.90 Å². The number of ether oxygens (including phenoxy) is 2. The average molecular weight is 998 g/mol. The number of nitrogens with one attached hydrogen (secondary N) is 5. The summed E-state index contributed by atoms with van der Waals surface area (Å²) in [5, 5.41) is 24.7. The molecule has 0 aliphatic carbocycles. The second-order valence-electron chi connectivity index (χ2n) is 20.0. The van der Waals surface area contributed by atoms with E-state index >= 15 is 0 Å². The highest BCUT2D eigenvalue weighted by Crippen LogP contribution is 2.27. The fraction of sp³-hybridized carbons (Fsp3) is 0.673. The van der Waals surface area contributed by atoms with Crippen LogP contribution in [-0.2, 0) is 59.1 Å². The third-order valence-corrected chi connectivity index (χ3v) is 13.1. The lowest BCUT2D eigenvalue weighted by molar-refractivity contribution is -0.166. The number of piperidine rings is 1. The van der Waals surface area contributed by atoms with Crippen LogP contribution in [0, 0.1) is 17.8 Å². The molecule has 3 heterocycles. The van der Waals surface area contributed by atoms with Crippen LogP contribution in [0.3, 0.4) is 0 Å². The zero-order valence-electron chi connectivity index (χ0n) is 42.7. The minimum atomic E-state index is -1.79. The summed E-state index contributed by atoms with van der Waals surface area (Å²) in [6.45, 7) is 13.4. The molecule has 71 heavy (non-hydrogen) atoms. The Morgan fingerprint density at radius 2 is 1.51 bits per heavy atom. The second-order valence-corrected chi connectivity index (χ2v) is 20.0. The van der Waals surface area contributed by atoms with E-state index in [2.05, 4.69) is 26.6 Å². The number of hydrogen-bond donors (Lipinski definition) is 7. The van der Waals surface area contributed by atoms with E-state index in [1.807, 2.05) is 13.8 Å². The molecule has 3 fully saturated rings. The van der Waals surface area contributed by atoms with Gasteiger partial charge in [-0.15, -0.1) is 0 Å². The molecule has 1 aromatic rings. The average Bonchev–Trinajstić information content (AvgIpc) is 3.81. The van der Waals surface area contributed by atoms with Crippen LogP contribution in [0.2, 0.25) is 0 Å². The molecule has 0 radical (unpaired) electrons. The number of esters is 1. The summed E-state index contributed by atoms with van der Waals surface area (Å²) in [7, 11) is 2.89. The summed E-state index contributed by atoms with van der Waals surface area (Å²) in [5.41, 5.74) is 6.04. The molecule has 8 N–H and O–H groups in total. The molecular weight excluding hydrogens is 923 g/mol. The predicted molar refractivity (Wildman–Crippen MR) is 257 cm³/mol. The van der Waals surface area contributed by atoms with Crippen LogP contribution in [0.25, 0.3) is 0 Å². The summed E-state index contributed by atoms with van der Waals surface area (Å²) in [6.07, 6.45) is -2.94. The van der Waals surface area contributed by atoms with Crippen molar-refractivity contribution < 1.29 is 62.5 Å². The van der Waals surface area contributed by atoms with Crippen molar-refractivity contribution in [1.29, 1.82) is 0 Å². The number of methoxy groups -OCH3 is 1. The molecule has 2 bridgehead atoms. The van der Waals surface area contributed by atoms with Crippen molar-refractivity contribution in [3.05, 3.63) is 29.8 Å². The van der Waals surface area contributed by atoms with Crippen LogP contribution in [0.1, 0.15) is 112 Å². The molecule has 394 valence electrons. The van der Waals surface area contributed by atoms with Gasteiger partial charge in [-0.25, -0.2) is 4.79 Å². The van der Waals surface area contributed by atoms with Crippen LogP contribution >= 0.6 is 0 Å². The van der Waals surface area contributed by atoms with E-state index in [1.165, 1.54) is 37.8 Å². The molecule has 3 saturated heterocycles. The minimum absolute atomic E-state index is 0.00846. The normalized spacial score (nSPS) is 26.7. The van der Waals surface area contributed by atoms with Crippen molar-refractivity contribution in [3.8, 4) is 5.75 Å². The first kappa shape index (κ1) is 57.3. The predicted octanol–water partition coefficient (Wildman–Crippen LogP) is -0.232. The van der Waals surface area contributed by atoms with Gasteiger partial charge in [-0.2, -0.15) is 0 Å². The number of hydrogen-bond acceptors (Lipinski definition) is 13. The van der Waals surface area contributed by atoms with Crippen LogP contribution < -0.4 is 37.1 Å². The topological polar surface area (TPSA) is 305 Å². The van der Waals surface area contributed by atoms with Gasteiger partial charge in [-0.05, 0) is 87.3 Å². The van der Waals surface area contributed by atoms with Gasteiger partial charge in [0.15, 0.2) is 0 Å². The maximum atomic E-state index is 14.9. The first-order valence-electron chi connectivity index (χ1n) is 24.5. The molecule has 10 atom stereocenters. The zero-order valence-corrected chi connectivity index (χ0v) is 42.7. The number of likely N-dealkylation sites (tertiary alicyclic amines) is 1. The molecule has 4 rings (SSSR count). The molecule has 0 aromatic heterocycles. The molecular formula is C49H75N9O13. The Labute approximate surface area is 415 Å². The fourth-order valence-electron chi connectivity index (χ4n) is 9.17. The fourth-order valence-corrected chi connectivity index (χ4v) is 9.17. The SMILES string of the molecule is COc1ccc(CC2C(=O)NC(CC(C)C)C(=O)OC(C)C(NC(=O)C(CCC(N)=O)NC(=O)C3CCCN3C(C)=O)C(=O)NC(C(C)C)C(=O)NC3CCC(O)N(C3=O)C(CC(C)C)C(=O)N2C)cc1. The van der Waals surface area contributed by atoms with Gasteiger partial charge in [-0.1, -0.05) is 53.7 Å². The molecule has 22 nitrogen and oxygen atoms in total. The number of aliphatic hydroxyl groups is 1. The summed E-state index contributed by atoms with van der Waals surface area (Å²) < 4.78 is 11.2. The second kappa shape index (κ2) is 25.7. The molecule has 0 spiro atoms. The summed E-state index contributed by atoms with van der Waals surface area (Å²) >= 11 is 0. The summed E-state index contributed by atoms with van der Waals surface area (Å²) in [6, 6.07) is -4.09. The van der Waals surface area contributed by atoms with Crippen molar-refractivity contribution in [2.75, 3.05) is 20.7 Å². The van der Waals surface area contributed by atoms with Gasteiger partial charge in [0.05, 0.1) is 7.11 Å². The van der Waals surface area contributed by atoms with Gasteiger partial charge in [0.2, 0.25) is 53.2 Å². The first-order chi connectivity index (χ1) is 33.3. The lowest BCUT2D eigenvalue weighted by Crippen LogP contribution is -2.65. The number of nitrogens with zero attached hydrogens (tertiary/aromatic N) is 3. The molecule has 9 amide bonds. The highest BCUT2D eigenvalue weighted by Gasteiger charge is 2.46. The quantitative estimate of drug-likeness (QED) is 0.112. The smallest absolute Gasteiger partial charge is 0.328 e. The zero-order chi connectivity index (χ0) is 53.0. The lowest BCUT2D eigenvalue weighted by Gasteiger charge is -2.43. The van der Waals surface area contributed by atoms with E-state index in [-0.39, 0.29) is 62.7 Å². The monoisotopic (exact) mass is 998 g/mol. The van der Waals surface area contributed by atoms with Crippen molar-refractivity contribution in [2.24, 2.45) is 23.5 Å². The van der Waals surface area contributed by atoms with Gasteiger partial charge >= 0.3 is 5.97 Å². The first-order valence-corrected chi connectivity index (χ1v) is 24.5. The summed E-state index contributed by atoms with van der Waals surface area (Å²) in [5.74, 6) is -8.49.